The van der Waals surface area contributed by atoms with Crippen molar-refractivity contribution < 1.29 is 9.53 Å². The molecule has 3 rings (SSSR count). The Balaban J connectivity index is 1.57. The smallest absolute Gasteiger partial charge is 0.329 e. The van der Waals surface area contributed by atoms with E-state index in [0.29, 0.717) is 5.95 Å². The molecule has 2 aromatic rings. The highest BCUT2D eigenvalue weighted by molar-refractivity contribution is 5.79. The summed E-state index contributed by atoms with van der Waals surface area (Å²) in [5, 5.41) is 0. The van der Waals surface area contributed by atoms with Crippen LogP contribution in [-0.2, 0) is 9.53 Å². The average molecular weight is 323 g/mol. The minimum absolute atomic E-state index is 0.208. The summed E-state index contributed by atoms with van der Waals surface area (Å²) in [5.74, 6) is 0.388. The second-order valence-corrected chi connectivity index (χ2v) is 5.70. The average Bonchev–Trinajstić information content (AvgIpc) is 2.66. The Morgan fingerprint density at radius 1 is 1.17 bits per heavy atom. The van der Waals surface area contributed by atoms with Gasteiger partial charge in [0.25, 0.3) is 0 Å². The van der Waals surface area contributed by atoms with E-state index in [4.69, 9.17) is 4.74 Å². The molecule has 0 amide bonds. The van der Waals surface area contributed by atoms with Gasteiger partial charge in [0.2, 0.25) is 5.95 Å². The Kier molecular flexibility index (Phi) is 5.56. The number of carbonyl (C=O) groups excluding carboxylic acids is 1. The Labute approximate surface area is 142 Å². The lowest BCUT2D eigenvalue weighted by Crippen LogP contribution is -2.46. The predicted molar refractivity (Wildman–Crippen MR) is 93.5 cm³/mol. The van der Waals surface area contributed by atoms with Gasteiger partial charge in [0, 0.05) is 18.9 Å². The van der Waals surface area contributed by atoms with Gasteiger partial charge in [-0.05, 0) is 37.0 Å². The first kappa shape index (κ1) is 16.2. The van der Waals surface area contributed by atoms with E-state index in [1.807, 2.05) is 47.4 Å². The van der Waals surface area contributed by atoms with Crippen LogP contribution in [0.1, 0.15) is 24.8 Å². The van der Waals surface area contributed by atoms with Gasteiger partial charge in [0.05, 0.1) is 0 Å². The van der Waals surface area contributed by atoms with Crippen LogP contribution < -0.4 is 4.90 Å². The summed E-state index contributed by atoms with van der Waals surface area (Å²) in [5.41, 5.74) is 1.09. The molecule has 0 N–H and O–H groups in total. The predicted octanol–water partition coefficient (Wildman–Crippen LogP) is 3.09. The van der Waals surface area contributed by atoms with E-state index in [-0.39, 0.29) is 18.6 Å². The highest BCUT2D eigenvalue weighted by Crippen LogP contribution is 2.22. The molecule has 0 bridgehead atoms. The number of esters is 1. The van der Waals surface area contributed by atoms with Crippen LogP contribution in [0.3, 0.4) is 0 Å². The van der Waals surface area contributed by atoms with Crippen LogP contribution in [-0.4, -0.2) is 35.1 Å². The van der Waals surface area contributed by atoms with Crippen molar-refractivity contribution in [1.29, 1.82) is 0 Å². The number of nitrogens with zero attached hydrogens (tertiary/aromatic N) is 3. The number of hydrogen-bond acceptors (Lipinski definition) is 5. The maximum Gasteiger partial charge on any atom is 0.329 e. The van der Waals surface area contributed by atoms with Crippen molar-refractivity contribution in [3.63, 3.8) is 0 Å². The number of carbonyl (C=O) groups is 1. The fraction of sp³-hybridized carbons (Fsp3) is 0.316. The first-order valence-electron chi connectivity index (χ1n) is 8.26. The molecular weight excluding hydrogens is 302 g/mol. The van der Waals surface area contributed by atoms with Crippen molar-refractivity contribution in [2.75, 3.05) is 18.1 Å². The van der Waals surface area contributed by atoms with Gasteiger partial charge >= 0.3 is 5.97 Å². The zero-order valence-corrected chi connectivity index (χ0v) is 13.5. The summed E-state index contributed by atoms with van der Waals surface area (Å²) in [6.45, 7) is 1.05. The molecule has 1 aliphatic heterocycles. The molecule has 2 heterocycles. The lowest BCUT2D eigenvalue weighted by molar-refractivity contribution is -0.144. The Morgan fingerprint density at radius 3 is 2.75 bits per heavy atom. The van der Waals surface area contributed by atoms with Gasteiger partial charge in [-0.15, -0.1) is 0 Å². The molecule has 1 saturated heterocycles. The molecule has 1 unspecified atom stereocenters. The molecule has 0 saturated carbocycles. The third kappa shape index (κ3) is 4.19. The van der Waals surface area contributed by atoms with Gasteiger partial charge in [-0.25, -0.2) is 14.8 Å². The number of benzene rings is 1. The lowest BCUT2D eigenvalue weighted by atomic mass is 10.0. The van der Waals surface area contributed by atoms with Gasteiger partial charge in [-0.3, -0.25) is 0 Å². The zero-order chi connectivity index (χ0) is 16.6. The molecule has 1 aromatic heterocycles. The van der Waals surface area contributed by atoms with Crippen LogP contribution in [0.15, 0.2) is 54.9 Å². The van der Waals surface area contributed by atoms with Crippen molar-refractivity contribution >= 4 is 18.0 Å². The Morgan fingerprint density at radius 2 is 1.96 bits per heavy atom. The minimum Gasteiger partial charge on any atom is -0.460 e. The third-order valence-corrected chi connectivity index (χ3v) is 4.02. The summed E-state index contributed by atoms with van der Waals surface area (Å²) in [4.78, 5) is 22.9. The second kappa shape index (κ2) is 8.24. The molecule has 0 spiro atoms. The van der Waals surface area contributed by atoms with Crippen molar-refractivity contribution in [2.45, 2.75) is 25.3 Å². The fourth-order valence-corrected chi connectivity index (χ4v) is 2.83. The summed E-state index contributed by atoms with van der Waals surface area (Å²) >= 11 is 0. The first-order valence-corrected chi connectivity index (χ1v) is 8.26. The molecule has 0 radical (unpaired) electrons. The van der Waals surface area contributed by atoms with E-state index >= 15 is 0 Å². The molecular formula is C19H21N3O2. The van der Waals surface area contributed by atoms with Crippen molar-refractivity contribution in [3.05, 3.63) is 60.4 Å². The van der Waals surface area contributed by atoms with E-state index in [1.54, 1.807) is 18.5 Å². The molecule has 124 valence electrons. The highest BCUT2D eigenvalue weighted by Gasteiger charge is 2.31. The molecule has 1 atom stereocenters. The normalized spacial score (nSPS) is 17.8. The summed E-state index contributed by atoms with van der Waals surface area (Å²) in [7, 11) is 0. The SMILES string of the molecule is O=C(OC/C=C/c1ccccc1)C1CCCCN1c1ncccn1. The summed E-state index contributed by atoms with van der Waals surface area (Å²) in [6.07, 6.45) is 10.0. The van der Waals surface area contributed by atoms with Crippen molar-refractivity contribution in [1.82, 2.24) is 9.97 Å². The van der Waals surface area contributed by atoms with Crippen LogP contribution in [0.2, 0.25) is 0 Å². The standard InChI is InChI=1S/C19H21N3O2/c23-18(24-15-6-10-16-8-2-1-3-9-16)17-11-4-5-14-22(17)19-20-12-7-13-21-19/h1-3,6-10,12-13,17H,4-5,11,14-15H2/b10-6+. The van der Waals surface area contributed by atoms with E-state index in [2.05, 4.69) is 9.97 Å². The molecule has 0 aliphatic carbocycles. The summed E-state index contributed by atoms with van der Waals surface area (Å²) in [6, 6.07) is 11.4. The maximum atomic E-state index is 12.4. The Hall–Kier alpha value is -2.69. The Bertz CT molecular complexity index is 674. The minimum atomic E-state index is -0.300. The third-order valence-electron chi connectivity index (χ3n) is 4.02. The largest absolute Gasteiger partial charge is 0.460 e. The van der Waals surface area contributed by atoms with Crippen LogP contribution in [0.5, 0.6) is 0 Å². The van der Waals surface area contributed by atoms with E-state index in [1.165, 1.54) is 0 Å². The number of rotatable bonds is 5. The number of piperidine rings is 1. The molecule has 1 aliphatic rings. The highest BCUT2D eigenvalue weighted by atomic mass is 16.5. The van der Waals surface area contributed by atoms with Crippen LogP contribution in [0.4, 0.5) is 5.95 Å². The van der Waals surface area contributed by atoms with Gasteiger partial charge in [0.15, 0.2) is 0 Å². The fourth-order valence-electron chi connectivity index (χ4n) is 2.83. The lowest BCUT2D eigenvalue weighted by Gasteiger charge is -2.33. The van der Waals surface area contributed by atoms with E-state index in [0.717, 1.165) is 31.4 Å². The molecule has 1 aromatic carbocycles. The van der Waals surface area contributed by atoms with Crippen molar-refractivity contribution in [3.8, 4) is 0 Å². The molecule has 1 fully saturated rings. The topological polar surface area (TPSA) is 55.3 Å². The molecule has 5 heteroatoms. The van der Waals surface area contributed by atoms with Crippen LogP contribution >= 0.6 is 0 Å². The number of aromatic nitrogens is 2. The van der Waals surface area contributed by atoms with Gasteiger partial charge in [-0.1, -0.05) is 36.4 Å². The molecule has 5 nitrogen and oxygen atoms in total. The van der Waals surface area contributed by atoms with Crippen LogP contribution in [0.25, 0.3) is 6.08 Å². The van der Waals surface area contributed by atoms with Gasteiger partial charge in [-0.2, -0.15) is 0 Å². The first-order chi connectivity index (χ1) is 11.8. The number of hydrogen-bond donors (Lipinski definition) is 0. The molecule has 24 heavy (non-hydrogen) atoms. The zero-order valence-electron chi connectivity index (χ0n) is 13.5. The maximum absolute atomic E-state index is 12.4. The second-order valence-electron chi connectivity index (χ2n) is 5.70. The monoisotopic (exact) mass is 323 g/mol. The van der Waals surface area contributed by atoms with Gasteiger partial charge < -0.3 is 9.64 Å². The van der Waals surface area contributed by atoms with E-state index < -0.39 is 0 Å². The van der Waals surface area contributed by atoms with Gasteiger partial charge in [0.1, 0.15) is 12.6 Å². The number of anilines is 1. The van der Waals surface area contributed by atoms with Crippen molar-refractivity contribution in [2.24, 2.45) is 0 Å². The number of ether oxygens (including phenoxy) is 1. The summed E-state index contributed by atoms with van der Waals surface area (Å²) < 4.78 is 5.43. The van der Waals surface area contributed by atoms with Crippen LogP contribution in [0, 0.1) is 0 Å². The van der Waals surface area contributed by atoms with E-state index in [9.17, 15) is 4.79 Å². The quantitative estimate of drug-likeness (QED) is 0.792.